The number of anilines is 6. The normalized spacial score (nSPS) is 15.7. The van der Waals surface area contributed by atoms with Crippen LogP contribution in [0, 0.1) is 27.7 Å². The van der Waals surface area contributed by atoms with Gasteiger partial charge in [0.05, 0.1) is 0 Å². The number of benzene rings is 5. The number of hydrogen-bond donors (Lipinski definition) is 0. The van der Waals surface area contributed by atoms with Gasteiger partial charge in [-0.15, -0.1) is 0 Å². The Morgan fingerprint density at radius 3 is 1.91 bits per heavy atom. The SMILES string of the molecule is Cc1cccc(N2c3ccccc3B3c4ccc(C)cc4N(c4cc(C)cc(C)c4)c4cc(C5CCCCC5)cc2c43)c1. The number of para-hydroxylation sites is 1. The summed E-state index contributed by atoms with van der Waals surface area (Å²) in [6.07, 6.45) is 6.57. The molecule has 8 rings (SSSR count). The van der Waals surface area contributed by atoms with Crippen LogP contribution in [-0.4, -0.2) is 6.71 Å². The van der Waals surface area contributed by atoms with Gasteiger partial charge in [0.15, 0.2) is 0 Å². The fourth-order valence-electron chi connectivity index (χ4n) is 8.15. The molecule has 0 amide bonds. The molecule has 0 saturated heterocycles. The summed E-state index contributed by atoms with van der Waals surface area (Å²) in [5.41, 5.74) is 18.7. The Bertz CT molecular complexity index is 1860. The van der Waals surface area contributed by atoms with Crippen LogP contribution in [-0.2, 0) is 0 Å². The van der Waals surface area contributed by atoms with Crippen molar-refractivity contribution in [2.75, 3.05) is 9.80 Å². The van der Waals surface area contributed by atoms with Crippen molar-refractivity contribution in [3.05, 3.63) is 125 Å². The maximum atomic E-state index is 2.59. The van der Waals surface area contributed by atoms with E-state index in [9.17, 15) is 0 Å². The Hall–Kier alpha value is -4.24. The molecule has 1 fully saturated rings. The van der Waals surface area contributed by atoms with E-state index in [2.05, 4.69) is 135 Å². The Morgan fingerprint density at radius 1 is 0.512 bits per heavy atom. The van der Waals surface area contributed by atoms with E-state index in [0.717, 1.165) is 0 Å². The fourth-order valence-corrected chi connectivity index (χ4v) is 8.15. The zero-order chi connectivity index (χ0) is 29.2. The van der Waals surface area contributed by atoms with Crippen LogP contribution in [0.1, 0.15) is 65.8 Å². The highest BCUT2D eigenvalue weighted by atomic mass is 15.2. The van der Waals surface area contributed by atoms with Crippen molar-refractivity contribution in [1.82, 2.24) is 0 Å². The Balaban J connectivity index is 1.49. The topological polar surface area (TPSA) is 6.48 Å². The van der Waals surface area contributed by atoms with Crippen LogP contribution in [0.5, 0.6) is 0 Å². The highest BCUT2D eigenvalue weighted by molar-refractivity contribution is 7.00. The van der Waals surface area contributed by atoms with Gasteiger partial charge in [0, 0.05) is 34.1 Å². The van der Waals surface area contributed by atoms with E-state index in [1.807, 2.05) is 0 Å². The molecule has 0 N–H and O–H groups in total. The quantitative estimate of drug-likeness (QED) is 0.200. The van der Waals surface area contributed by atoms with Gasteiger partial charge in [-0.25, -0.2) is 0 Å². The first-order valence-electron chi connectivity index (χ1n) is 16.1. The second-order valence-corrected chi connectivity index (χ2v) is 13.2. The molecule has 5 aromatic rings. The summed E-state index contributed by atoms with van der Waals surface area (Å²) < 4.78 is 0. The van der Waals surface area contributed by atoms with Crippen molar-refractivity contribution in [1.29, 1.82) is 0 Å². The van der Waals surface area contributed by atoms with Crippen LogP contribution in [0.2, 0.25) is 0 Å². The number of nitrogens with zero attached hydrogens (tertiary/aromatic N) is 2. The van der Waals surface area contributed by atoms with E-state index < -0.39 is 0 Å². The van der Waals surface area contributed by atoms with Crippen LogP contribution in [0.4, 0.5) is 34.1 Å². The van der Waals surface area contributed by atoms with E-state index in [0.29, 0.717) is 5.92 Å². The molecule has 0 atom stereocenters. The van der Waals surface area contributed by atoms with E-state index >= 15 is 0 Å². The summed E-state index contributed by atoms with van der Waals surface area (Å²) in [7, 11) is 0. The van der Waals surface area contributed by atoms with Crippen molar-refractivity contribution >= 4 is 57.2 Å². The first kappa shape index (κ1) is 26.4. The fraction of sp³-hybridized carbons (Fsp3) is 0.250. The summed E-state index contributed by atoms with van der Waals surface area (Å²) >= 11 is 0. The number of hydrogen-bond acceptors (Lipinski definition) is 2. The predicted octanol–water partition coefficient (Wildman–Crippen LogP) is 9.05. The highest BCUT2D eigenvalue weighted by Crippen LogP contribution is 2.47. The lowest BCUT2D eigenvalue weighted by Crippen LogP contribution is -2.61. The smallest absolute Gasteiger partial charge is 0.252 e. The number of aryl methyl sites for hydroxylation is 4. The van der Waals surface area contributed by atoms with Gasteiger partial charge in [0.2, 0.25) is 0 Å². The Morgan fingerprint density at radius 2 is 1.16 bits per heavy atom. The van der Waals surface area contributed by atoms with E-state index in [1.54, 1.807) is 0 Å². The molecule has 2 aliphatic heterocycles. The molecule has 2 heterocycles. The third-order valence-electron chi connectivity index (χ3n) is 9.96. The molecule has 3 heteroatoms. The van der Waals surface area contributed by atoms with Gasteiger partial charge < -0.3 is 9.80 Å². The largest absolute Gasteiger partial charge is 0.311 e. The molecule has 2 nitrogen and oxygen atoms in total. The van der Waals surface area contributed by atoms with Gasteiger partial charge in [-0.3, -0.25) is 0 Å². The summed E-state index contributed by atoms with van der Waals surface area (Å²) in [6, 6.07) is 37.4. The van der Waals surface area contributed by atoms with Crippen LogP contribution >= 0.6 is 0 Å². The molecular weight excluding hydrogens is 519 g/mol. The minimum Gasteiger partial charge on any atom is -0.311 e. The molecule has 0 unspecified atom stereocenters. The summed E-state index contributed by atoms with van der Waals surface area (Å²) in [5, 5.41) is 0. The molecule has 5 aromatic carbocycles. The van der Waals surface area contributed by atoms with Crippen molar-refractivity contribution < 1.29 is 0 Å². The monoisotopic (exact) mass is 558 g/mol. The second-order valence-electron chi connectivity index (χ2n) is 13.2. The van der Waals surface area contributed by atoms with Gasteiger partial charge in [0.25, 0.3) is 6.71 Å². The van der Waals surface area contributed by atoms with Crippen molar-refractivity contribution in [3.63, 3.8) is 0 Å². The van der Waals surface area contributed by atoms with E-state index in [1.165, 1.54) is 110 Å². The first-order valence-corrected chi connectivity index (χ1v) is 16.1. The van der Waals surface area contributed by atoms with Crippen molar-refractivity contribution in [2.24, 2.45) is 0 Å². The first-order chi connectivity index (χ1) is 21.0. The molecule has 1 saturated carbocycles. The van der Waals surface area contributed by atoms with Gasteiger partial charge in [-0.2, -0.15) is 0 Å². The Kier molecular flexibility index (Phi) is 6.26. The van der Waals surface area contributed by atoms with Gasteiger partial charge >= 0.3 is 0 Å². The molecule has 1 aliphatic carbocycles. The van der Waals surface area contributed by atoms with Crippen molar-refractivity contribution in [2.45, 2.75) is 65.7 Å². The van der Waals surface area contributed by atoms with E-state index in [4.69, 9.17) is 0 Å². The third kappa shape index (κ3) is 4.32. The lowest BCUT2D eigenvalue weighted by atomic mass is 9.33. The zero-order valence-corrected chi connectivity index (χ0v) is 25.8. The average molecular weight is 559 g/mol. The van der Waals surface area contributed by atoms with Gasteiger partial charge in [-0.05, 0) is 139 Å². The molecule has 43 heavy (non-hydrogen) atoms. The van der Waals surface area contributed by atoms with Crippen LogP contribution in [0.15, 0.2) is 97.1 Å². The average Bonchev–Trinajstić information content (AvgIpc) is 3.00. The van der Waals surface area contributed by atoms with Crippen LogP contribution < -0.4 is 26.2 Å². The number of rotatable bonds is 3. The lowest BCUT2D eigenvalue weighted by molar-refractivity contribution is 0.444. The molecular formula is C40H39BN2. The number of fused-ring (bicyclic) bond motifs is 4. The maximum Gasteiger partial charge on any atom is 0.252 e. The predicted molar refractivity (Wildman–Crippen MR) is 185 cm³/mol. The van der Waals surface area contributed by atoms with Crippen molar-refractivity contribution in [3.8, 4) is 0 Å². The lowest BCUT2D eigenvalue weighted by Gasteiger charge is -2.45. The summed E-state index contributed by atoms with van der Waals surface area (Å²) in [5.74, 6) is 0.602. The summed E-state index contributed by atoms with van der Waals surface area (Å²) in [4.78, 5) is 5.15. The van der Waals surface area contributed by atoms with E-state index in [-0.39, 0.29) is 6.71 Å². The highest BCUT2D eigenvalue weighted by Gasteiger charge is 2.43. The molecule has 0 spiro atoms. The third-order valence-corrected chi connectivity index (χ3v) is 9.96. The molecule has 0 bridgehead atoms. The molecule has 0 radical (unpaired) electrons. The van der Waals surface area contributed by atoms with Crippen LogP contribution in [0.3, 0.4) is 0 Å². The molecule has 0 aromatic heterocycles. The second kappa shape index (κ2) is 10.2. The molecule has 212 valence electrons. The minimum absolute atomic E-state index is 0.181. The minimum atomic E-state index is 0.181. The van der Waals surface area contributed by atoms with Crippen LogP contribution in [0.25, 0.3) is 0 Å². The Labute approximate surface area is 257 Å². The molecule has 3 aliphatic rings. The zero-order valence-electron chi connectivity index (χ0n) is 25.8. The van der Waals surface area contributed by atoms with Gasteiger partial charge in [-0.1, -0.05) is 67.8 Å². The maximum absolute atomic E-state index is 2.59. The van der Waals surface area contributed by atoms with Gasteiger partial charge in [0.1, 0.15) is 0 Å². The standard InChI is InChI=1S/C40H39BN2/c1-26-11-10-14-32(20-26)42-36-16-9-8-15-34(36)41-35-18-17-27(2)23-37(35)43(33-21-28(3)19-29(4)22-33)39-25-31(24-38(42)40(39)41)30-12-6-5-7-13-30/h8-11,14-25,30H,5-7,12-13H2,1-4H3. The summed E-state index contributed by atoms with van der Waals surface area (Å²) in [6.45, 7) is 9.07.